The molecule has 2 N–H and O–H groups in total. The number of para-hydroxylation sites is 1. The smallest absolute Gasteiger partial charge is 0.0625 e. The van der Waals surface area contributed by atoms with E-state index in [1.54, 1.807) is 0 Å². The van der Waals surface area contributed by atoms with Crippen LogP contribution in [0.4, 0.5) is 5.69 Å². The third-order valence-electron chi connectivity index (χ3n) is 3.86. The van der Waals surface area contributed by atoms with Crippen molar-refractivity contribution in [3.8, 4) is 0 Å². The Morgan fingerprint density at radius 1 is 1.14 bits per heavy atom. The van der Waals surface area contributed by atoms with Crippen LogP contribution in [0.3, 0.4) is 0 Å². The van der Waals surface area contributed by atoms with E-state index in [2.05, 4.69) is 47.6 Å². The summed E-state index contributed by atoms with van der Waals surface area (Å²) in [5.41, 5.74) is 10.6. The standard InChI is InChI=1S/C17H26N4/c1-4-15-11-16(21(6-3)19-15)13-20(5-2)12-14-9-7-8-10-17(14)18/h7-11H,4-6,12-13,18H2,1-3H3. The first kappa shape index (κ1) is 15.6. The normalized spacial score (nSPS) is 11.2. The van der Waals surface area contributed by atoms with Crippen LogP contribution in [0.5, 0.6) is 0 Å². The average molecular weight is 286 g/mol. The maximum absolute atomic E-state index is 6.05. The SMILES string of the molecule is CCc1cc(CN(CC)Cc2ccccc2N)n(CC)n1. The van der Waals surface area contributed by atoms with E-state index in [-0.39, 0.29) is 0 Å². The van der Waals surface area contributed by atoms with E-state index in [4.69, 9.17) is 5.73 Å². The molecule has 2 aromatic rings. The number of rotatable bonds is 7. The Labute approximate surface area is 127 Å². The zero-order valence-corrected chi connectivity index (χ0v) is 13.3. The zero-order valence-electron chi connectivity index (χ0n) is 13.3. The molecule has 0 radical (unpaired) electrons. The number of hydrogen-bond acceptors (Lipinski definition) is 3. The summed E-state index contributed by atoms with van der Waals surface area (Å²) in [4.78, 5) is 2.40. The highest BCUT2D eigenvalue weighted by Crippen LogP contribution is 2.16. The van der Waals surface area contributed by atoms with Crippen LogP contribution >= 0.6 is 0 Å². The summed E-state index contributed by atoms with van der Waals surface area (Å²) in [6.45, 7) is 10.2. The lowest BCUT2D eigenvalue weighted by Crippen LogP contribution is -2.24. The van der Waals surface area contributed by atoms with Crippen LogP contribution in [-0.4, -0.2) is 21.2 Å². The summed E-state index contributed by atoms with van der Waals surface area (Å²) in [7, 11) is 0. The predicted octanol–water partition coefficient (Wildman–Crippen LogP) is 3.07. The highest BCUT2D eigenvalue weighted by molar-refractivity contribution is 5.46. The van der Waals surface area contributed by atoms with Gasteiger partial charge in [0.15, 0.2) is 0 Å². The molecular weight excluding hydrogens is 260 g/mol. The van der Waals surface area contributed by atoms with E-state index in [0.717, 1.165) is 38.3 Å². The van der Waals surface area contributed by atoms with E-state index in [0.29, 0.717) is 0 Å². The van der Waals surface area contributed by atoms with Crippen molar-refractivity contribution in [2.75, 3.05) is 12.3 Å². The second-order valence-corrected chi connectivity index (χ2v) is 5.30. The molecule has 1 heterocycles. The van der Waals surface area contributed by atoms with Gasteiger partial charge in [-0.25, -0.2) is 0 Å². The topological polar surface area (TPSA) is 47.1 Å². The molecule has 0 fully saturated rings. The summed E-state index contributed by atoms with van der Waals surface area (Å²) >= 11 is 0. The maximum atomic E-state index is 6.05. The first-order valence-electron chi connectivity index (χ1n) is 7.79. The lowest BCUT2D eigenvalue weighted by Gasteiger charge is -2.21. The molecule has 0 aliphatic carbocycles. The second kappa shape index (κ2) is 7.27. The lowest BCUT2D eigenvalue weighted by molar-refractivity contribution is 0.263. The van der Waals surface area contributed by atoms with E-state index in [9.17, 15) is 0 Å². The molecule has 0 saturated carbocycles. The molecule has 1 aromatic carbocycles. The van der Waals surface area contributed by atoms with E-state index >= 15 is 0 Å². The first-order chi connectivity index (χ1) is 10.2. The zero-order chi connectivity index (χ0) is 15.2. The molecule has 4 nitrogen and oxygen atoms in total. The van der Waals surface area contributed by atoms with Crippen LogP contribution in [0.1, 0.15) is 37.7 Å². The minimum atomic E-state index is 0.870. The van der Waals surface area contributed by atoms with Crippen LogP contribution in [0.15, 0.2) is 30.3 Å². The molecule has 0 amide bonds. The summed E-state index contributed by atoms with van der Waals surface area (Å²) in [6, 6.07) is 10.3. The molecule has 0 unspecified atom stereocenters. The molecule has 4 heteroatoms. The van der Waals surface area contributed by atoms with E-state index in [1.165, 1.54) is 17.0 Å². The van der Waals surface area contributed by atoms with Gasteiger partial charge in [0.2, 0.25) is 0 Å². The van der Waals surface area contributed by atoms with E-state index < -0.39 is 0 Å². The van der Waals surface area contributed by atoms with Crippen LogP contribution in [0.25, 0.3) is 0 Å². The summed E-state index contributed by atoms with van der Waals surface area (Å²) in [5, 5.41) is 4.62. The van der Waals surface area contributed by atoms with Gasteiger partial charge in [-0.3, -0.25) is 9.58 Å². The van der Waals surface area contributed by atoms with Crippen molar-refractivity contribution in [1.82, 2.24) is 14.7 Å². The predicted molar refractivity (Wildman–Crippen MR) is 87.9 cm³/mol. The number of nitrogens with two attached hydrogens (primary N) is 1. The van der Waals surface area contributed by atoms with Crippen molar-refractivity contribution < 1.29 is 0 Å². The van der Waals surface area contributed by atoms with E-state index in [1.807, 2.05) is 18.2 Å². The monoisotopic (exact) mass is 286 g/mol. The van der Waals surface area contributed by atoms with Crippen LogP contribution in [0, 0.1) is 0 Å². The Kier molecular flexibility index (Phi) is 5.39. The Morgan fingerprint density at radius 2 is 1.90 bits per heavy atom. The van der Waals surface area contributed by atoms with Crippen LogP contribution in [0.2, 0.25) is 0 Å². The Hall–Kier alpha value is -1.81. The molecule has 0 atom stereocenters. The van der Waals surface area contributed by atoms with Gasteiger partial charge in [-0.05, 0) is 37.6 Å². The quantitative estimate of drug-likeness (QED) is 0.796. The minimum absolute atomic E-state index is 0.870. The third kappa shape index (κ3) is 3.85. The average Bonchev–Trinajstić information content (AvgIpc) is 2.90. The number of aromatic nitrogens is 2. The molecule has 0 aliphatic heterocycles. The molecule has 114 valence electrons. The van der Waals surface area contributed by atoms with Gasteiger partial charge in [-0.15, -0.1) is 0 Å². The summed E-state index contributed by atoms with van der Waals surface area (Å²) < 4.78 is 2.11. The molecular formula is C17H26N4. The molecule has 1 aromatic heterocycles. The van der Waals surface area contributed by atoms with Gasteiger partial charge in [-0.2, -0.15) is 5.10 Å². The molecule has 0 bridgehead atoms. The van der Waals surface area contributed by atoms with Crippen molar-refractivity contribution in [2.45, 2.75) is 46.8 Å². The fourth-order valence-corrected chi connectivity index (χ4v) is 2.52. The number of benzene rings is 1. The van der Waals surface area contributed by atoms with Gasteiger partial charge < -0.3 is 5.73 Å². The molecule has 0 spiro atoms. The number of aryl methyl sites for hydroxylation is 2. The van der Waals surface area contributed by atoms with Gasteiger partial charge in [0, 0.05) is 25.3 Å². The Balaban J connectivity index is 2.12. The fourth-order valence-electron chi connectivity index (χ4n) is 2.52. The molecule has 2 rings (SSSR count). The van der Waals surface area contributed by atoms with Gasteiger partial charge in [0.05, 0.1) is 11.4 Å². The van der Waals surface area contributed by atoms with Gasteiger partial charge in [0.25, 0.3) is 0 Å². The van der Waals surface area contributed by atoms with Crippen molar-refractivity contribution in [1.29, 1.82) is 0 Å². The highest BCUT2D eigenvalue weighted by Gasteiger charge is 2.11. The van der Waals surface area contributed by atoms with Crippen molar-refractivity contribution in [3.63, 3.8) is 0 Å². The fraction of sp³-hybridized carbons (Fsp3) is 0.471. The number of nitrogens with zero attached hydrogens (tertiary/aromatic N) is 3. The number of nitrogen functional groups attached to an aromatic ring is 1. The van der Waals surface area contributed by atoms with Gasteiger partial charge >= 0.3 is 0 Å². The summed E-state index contributed by atoms with van der Waals surface area (Å²) in [6.07, 6.45) is 0.984. The molecule has 21 heavy (non-hydrogen) atoms. The number of anilines is 1. The lowest BCUT2D eigenvalue weighted by atomic mass is 10.1. The molecule has 0 aliphatic rings. The molecule has 0 saturated heterocycles. The van der Waals surface area contributed by atoms with Crippen LogP contribution in [-0.2, 0) is 26.1 Å². The second-order valence-electron chi connectivity index (χ2n) is 5.30. The van der Waals surface area contributed by atoms with Crippen molar-refractivity contribution in [2.24, 2.45) is 0 Å². The number of hydrogen-bond donors (Lipinski definition) is 1. The third-order valence-corrected chi connectivity index (χ3v) is 3.86. The van der Waals surface area contributed by atoms with Crippen molar-refractivity contribution >= 4 is 5.69 Å². The van der Waals surface area contributed by atoms with Gasteiger partial charge in [-0.1, -0.05) is 32.0 Å². The first-order valence-corrected chi connectivity index (χ1v) is 7.79. The minimum Gasteiger partial charge on any atom is -0.398 e. The van der Waals surface area contributed by atoms with Crippen LogP contribution < -0.4 is 5.73 Å². The highest BCUT2D eigenvalue weighted by atomic mass is 15.3. The largest absolute Gasteiger partial charge is 0.398 e. The Morgan fingerprint density at radius 3 is 2.52 bits per heavy atom. The van der Waals surface area contributed by atoms with Gasteiger partial charge in [0.1, 0.15) is 0 Å². The maximum Gasteiger partial charge on any atom is 0.0625 e. The Bertz CT molecular complexity index is 574. The summed E-state index contributed by atoms with van der Waals surface area (Å²) in [5.74, 6) is 0. The van der Waals surface area contributed by atoms with Crippen molar-refractivity contribution in [3.05, 3.63) is 47.3 Å².